The molecule has 3 aliphatic rings. The molecule has 2 fully saturated rings. The minimum absolute atomic E-state index is 0.227. The second kappa shape index (κ2) is 10.4. The third-order valence-electron chi connectivity index (χ3n) is 6.67. The first-order valence-electron chi connectivity index (χ1n) is 11.8. The average molecular weight is 573 g/mol. The molecule has 2 aromatic carbocycles. The van der Waals surface area contributed by atoms with Crippen molar-refractivity contribution in [2.45, 2.75) is 41.5 Å². The minimum atomic E-state index is -1.32. The molecule has 0 bridgehead atoms. The van der Waals surface area contributed by atoms with E-state index < -0.39 is 24.2 Å². The van der Waals surface area contributed by atoms with Crippen molar-refractivity contribution in [3.8, 4) is 17.6 Å². The van der Waals surface area contributed by atoms with Gasteiger partial charge in [0.2, 0.25) is 0 Å². The molecule has 5 atom stereocenters. The number of ether oxygens (including phenoxy) is 1. The number of hydrogen-bond donors (Lipinski definition) is 4. The maximum absolute atomic E-state index is 10.6. The van der Waals surface area contributed by atoms with Gasteiger partial charge in [-0.25, -0.2) is 0 Å². The molecule has 1 aliphatic heterocycles. The first-order valence-corrected chi connectivity index (χ1v) is 14.6. The van der Waals surface area contributed by atoms with E-state index in [4.69, 9.17) is 4.74 Å². The first-order chi connectivity index (χ1) is 16.5. The summed E-state index contributed by atoms with van der Waals surface area (Å²) in [5.41, 5.74) is 5.15. The van der Waals surface area contributed by atoms with Gasteiger partial charge in [-0.1, -0.05) is 0 Å². The van der Waals surface area contributed by atoms with Crippen molar-refractivity contribution >= 4 is 5.57 Å². The van der Waals surface area contributed by atoms with Gasteiger partial charge >= 0.3 is 193 Å². The Morgan fingerprint density at radius 2 is 1.76 bits per heavy atom. The predicted molar refractivity (Wildman–Crippen MR) is 126 cm³/mol. The zero-order valence-electron chi connectivity index (χ0n) is 18.9. The summed E-state index contributed by atoms with van der Waals surface area (Å²) >= 11 is 0.227. The molecule has 1 saturated heterocycles. The van der Waals surface area contributed by atoms with Crippen LogP contribution in [0.25, 0.3) is 5.57 Å². The molecule has 0 aromatic heterocycles. The van der Waals surface area contributed by atoms with Gasteiger partial charge in [-0.15, -0.1) is 0 Å². The summed E-state index contributed by atoms with van der Waals surface area (Å²) in [5.74, 6) is 7.08. The van der Waals surface area contributed by atoms with E-state index in [9.17, 15) is 20.4 Å². The van der Waals surface area contributed by atoms with Crippen molar-refractivity contribution in [3.05, 3.63) is 70.8 Å². The number of benzene rings is 2. The molecule has 4 N–H and O–H groups in total. The second-order valence-corrected chi connectivity index (χ2v) is 12.6. The Balaban J connectivity index is 1.35. The molecule has 34 heavy (non-hydrogen) atoms. The van der Waals surface area contributed by atoms with Gasteiger partial charge in [0.1, 0.15) is 0 Å². The Hall–Kier alpha value is -1.89. The number of aliphatic hydroxyl groups excluding tert-OH is 4. The molecule has 5 rings (SSSR count). The van der Waals surface area contributed by atoms with Gasteiger partial charge in [0.25, 0.3) is 0 Å². The molecule has 1 heterocycles. The van der Waals surface area contributed by atoms with Gasteiger partial charge in [0.05, 0.1) is 0 Å². The van der Waals surface area contributed by atoms with Gasteiger partial charge < -0.3 is 0 Å². The summed E-state index contributed by atoms with van der Waals surface area (Å²) in [6.07, 6.45) is 1.20. The third kappa shape index (κ3) is 5.50. The van der Waals surface area contributed by atoms with E-state index in [1.54, 1.807) is 6.08 Å². The fourth-order valence-electron chi connectivity index (χ4n) is 4.39. The molecular formula is C28H30IO5-. The van der Waals surface area contributed by atoms with Crippen LogP contribution in [0.4, 0.5) is 0 Å². The molecule has 0 amide bonds. The van der Waals surface area contributed by atoms with Crippen LogP contribution >= 0.6 is 0 Å². The monoisotopic (exact) mass is 573 g/mol. The van der Waals surface area contributed by atoms with Crippen LogP contribution in [0.1, 0.15) is 39.0 Å². The summed E-state index contributed by atoms with van der Waals surface area (Å²) < 4.78 is 7.72. The van der Waals surface area contributed by atoms with Crippen molar-refractivity contribution in [1.29, 1.82) is 0 Å². The van der Waals surface area contributed by atoms with E-state index in [0.29, 0.717) is 22.0 Å². The van der Waals surface area contributed by atoms with Gasteiger partial charge in [-0.05, 0) is 12.8 Å². The maximum atomic E-state index is 10.6. The Labute approximate surface area is 210 Å². The number of halogens is 1. The standard InChI is InChI=1S/C28H30IO5/c30-16-21-14-24(27(32)28(33)26(21)31)19-7-10-23(25-15-29-25)20(13-19)12-18-5-8-22(9-6-18)34-11-1-2-17-3-4-17/h5-10,13-14,17,21,25-28,30-33H,3-4,11-12,15-16H2/q-1/t21?,25?,26-,27+,28?/m1/s1. The van der Waals surface area contributed by atoms with Crippen molar-refractivity contribution in [3.63, 3.8) is 0 Å². The summed E-state index contributed by atoms with van der Waals surface area (Å²) in [6, 6.07) is 14.4. The van der Waals surface area contributed by atoms with Crippen molar-refractivity contribution in [1.82, 2.24) is 0 Å². The van der Waals surface area contributed by atoms with Crippen LogP contribution in [-0.2, 0) is 6.42 Å². The van der Waals surface area contributed by atoms with Gasteiger partial charge in [-0.2, -0.15) is 0 Å². The zero-order valence-corrected chi connectivity index (χ0v) is 21.1. The molecule has 2 aliphatic carbocycles. The summed E-state index contributed by atoms with van der Waals surface area (Å²) in [4.78, 5) is 0. The molecule has 5 nitrogen and oxygen atoms in total. The van der Waals surface area contributed by atoms with E-state index in [0.717, 1.165) is 17.7 Å². The van der Waals surface area contributed by atoms with Crippen LogP contribution in [0.15, 0.2) is 48.5 Å². The van der Waals surface area contributed by atoms with Gasteiger partial charge in [0, 0.05) is 5.92 Å². The average Bonchev–Trinajstić information content (AvgIpc) is 3.76. The Morgan fingerprint density at radius 3 is 2.44 bits per heavy atom. The molecule has 3 unspecified atom stereocenters. The molecular weight excluding hydrogens is 543 g/mol. The molecule has 1 saturated carbocycles. The fraction of sp³-hybridized carbons (Fsp3) is 0.429. The van der Waals surface area contributed by atoms with Crippen molar-refractivity contribution in [2.75, 3.05) is 17.6 Å². The van der Waals surface area contributed by atoms with Crippen LogP contribution < -0.4 is 25.9 Å². The van der Waals surface area contributed by atoms with Crippen LogP contribution in [0.5, 0.6) is 5.75 Å². The fourth-order valence-corrected chi connectivity index (χ4v) is 6.20. The molecule has 2 aromatic rings. The molecule has 0 radical (unpaired) electrons. The first kappa shape index (κ1) is 23.8. The Bertz CT molecular complexity index is 1110. The van der Waals surface area contributed by atoms with Crippen LogP contribution in [0.2, 0.25) is 0 Å². The van der Waals surface area contributed by atoms with Crippen molar-refractivity contribution in [2.24, 2.45) is 11.8 Å². The summed E-state index contributed by atoms with van der Waals surface area (Å²) in [5, 5.41) is 40.7. The quantitative estimate of drug-likeness (QED) is 0.200. The Morgan fingerprint density at radius 1 is 1.00 bits per heavy atom. The van der Waals surface area contributed by atoms with E-state index in [1.165, 1.54) is 34.0 Å². The van der Waals surface area contributed by atoms with E-state index in [2.05, 4.69) is 36.1 Å². The Kier molecular flexibility index (Phi) is 7.28. The number of aliphatic hydroxyl groups is 4. The number of rotatable bonds is 7. The summed E-state index contributed by atoms with van der Waals surface area (Å²) in [7, 11) is 0. The van der Waals surface area contributed by atoms with E-state index in [1.807, 2.05) is 18.2 Å². The van der Waals surface area contributed by atoms with Gasteiger partial charge in [0.15, 0.2) is 0 Å². The second-order valence-electron chi connectivity index (χ2n) is 9.29. The van der Waals surface area contributed by atoms with Crippen LogP contribution in [-0.4, -0.2) is 56.4 Å². The molecule has 180 valence electrons. The van der Waals surface area contributed by atoms with Crippen molar-refractivity contribution < 1.29 is 46.4 Å². The topological polar surface area (TPSA) is 90.2 Å². The van der Waals surface area contributed by atoms with Gasteiger partial charge in [-0.3, -0.25) is 0 Å². The van der Waals surface area contributed by atoms with E-state index >= 15 is 0 Å². The normalized spacial score (nSPS) is 28.2. The summed E-state index contributed by atoms with van der Waals surface area (Å²) in [6.45, 7) is 0.132. The van der Waals surface area contributed by atoms with Crippen LogP contribution in [0.3, 0.4) is 0 Å². The zero-order chi connectivity index (χ0) is 23.7. The number of hydrogen-bond acceptors (Lipinski definition) is 5. The molecule has 0 spiro atoms. The SMILES string of the molecule is OCC1C=C(c2ccc(C3C[I-]3)c(Cc3ccc(OCC#CC4CC4)cc3)c2)[C@H](O)C(O)[C@@H]1O. The molecule has 6 heteroatoms. The van der Waals surface area contributed by atoms with Crippen LogP contribution in [0, 0.1) is 23.7 Å². The van der Waals surface area contributed by atoms with E-state index in [-0.39, 0.29) is 27.8 Å². The number of alkyl halides is 2. The predicted octanol–water partition coefficient (Wildman–Crippen LogP) is -0.698. The third-order valence-corrected chi connectivity index (χ3v) is 9.10.